The summed E-state index contributed by atoms with van der Waals surface area (Å²) < 4.78 is 7.08. The fourth-order valence-electron chi connectivity index (χ4n) is 2.86. The molecule has 0 spiro atoms. The van der Waals surface area contributed by atoms with Crippen LogP contribution >= 0.6 is 11.3 Å². The Morgan fingerprint density at radius 2 is 2.00 bits per heavy atom. The highest BCUT2D eigenvalue weighted by atomic mass is 32.1. The molecule has 0 bridgehead atoms. The highest BCUT2D eigenvalue weighted by molar-refractivity contribution is 7.13. The van der Waals surface area contributed by atoms with Crippen LogP contribution in [0, 0.1) is 0 Å². The number of thiazole rings is 1. The number of amides is 1. The van der Waals surface area contributed by atoms with Gasteiger partial charge in [-0.05, 0) is 43.3 Å². The highest BCUT2D eigenvalue weighted by Crippen LogP contribution is 2.26. The van der Waals surface area contributed by atoms with Crippen molar-refractivity contribution in [1.29, 1.82) is 0 Å². The third-order valence-corrected chi connectivity index (χ3v) is 5.09. The summed E-state index contributed by atoms with van der Waals surface area (Å²) >= 11 is 1.52. The first-order chi connectivity index (χ1) is 14.2. The van der Waals surface area contributed by atoms with E-state index in [4.69, 9.17) is 4.74 Å². The van der Waals surface area contributed by atoms with Crippen LogP contribution in [0.2, 0.25) is 0 Å². The van der Waals surface area contributed by atoms with Crippen LogP contribution in [0.4, 0.5) is 5.69 Å². The number of rotatable bonds is 7. The number of benzene rings is 2. The van der Waals surface area contributed by atoms with Crippen LogP contribution in [0.15, 0.2) is 66.3 Å². The number of para-hydroxylation sites is 2. The van der Waals surface area contributed by atoms with E-state index in [0.717, 1.165) is 27.7 Å². The molecule has 0 saturated heterocycles. The summed E-state index contributed by atoms with van der Waals surface area (Å²) in [6.45, 7) is 2.59. The Morgan fingerprint density at radius 3 is 2.76 bits per heavy atom. The molecule has 1 amide bonds. The Labute approximate surface area is 172 Å². The van der Waals surface area contributed by atoms with E-state index in [1.807, 2.05) is 60.8 Å². The van der Waals surface area contributed by atoms with Gasteiger partial charge in [0.2, 0.25) is 5.91 Å². The Kier molecular flexibility index (Phi) is 5.62. The molecule has 0 radical (unpaired) electrons. The van der Waals surface area contributed by atoms with Crippen LogP contribution in [-0.4, -0.2) is 32.5 Å². The molecule has 7 nitrogen and oxygen atoms in total. The third-order valence-electron chi connectivity index (χ3n) is 4.15. The molecule has 0 aliphatic heterocycles. The van der Waals surface area contributed by atoms with Gasteiger partial charge in [0.15, 0.2) is 0 Å². The normalized spacial score (nSPS) is 10.7. The van der Waals surface area contributed by atoms with E-state index >= 15 is 0 Å². The monoisotopic (exact) mass is 405 g/mol. The molecule has 2 aromatic heterocycles. The molecule has 29 heavy (non-hydrogen) atoms. The van der Waals surface area contributed by atoms with Crippen LogP contribution in [-0.2, 0) is 11.2 Å². The van der Waals surface area contributed by atoms with E-state index in [-0.39, 0.29) is 12.3 Å². The number of hydrogen-bond acceptors (Lipinski definition) is 6. The van der Waals surface area contributed by atoms with Gasteiger partial charge >= 0.3 is 0 Å². The number of nitrogens with one attached hydrogen (secondary N) is 1. The number of nitrogens with zero attached hydrogens (tertiary/aromatic N) is 4. The molecule has 1 N–H and O–H groups in total. The van der Waals surface area contributed by atoms with Crippen molar-refractivity contribution in [3.63, 3.8) is 0 Å². The van der Waals surface area contributed by atoms with Crippen LogP contribution in [0.5, 0.6) is 5.75 Å². The van der Waals surface area contributed by atoms with E-state index in [1.165, 1.54) is 11.3 Å². The summed E-state index contributed by atoms with van der Waals surface area (Å²) in [6, 6.07) is 15.3. The minimum Gasteiger partial charge on any atom is -0.494 e. The molecule has 4 rings (SSSR count). The van der Waals surface area contributed by atoms with Crippen molar-refractivity contribution >= 4 is 22.9 Å². The molecule has 4 aromatic rings. The lowest BCUT2D eigenvalue weighted by Crippen LogP contribution is -2.16. The third kappa shape index (κ3) is 4.49. The summed E-state index contributed by atoms with van der Waals surface area (Å²) in [6.07, 6.45) is 3.52. The van der Waals surface area contributed by atoms with E-state index in [1.54, 1.807) is 17.1 Å². The zero-order chi connectivity index (χ0) is 20.1. The first-order valence-electron chi connectivity index (χ1n) is 9.16. The number of carbonyl (C=O) groups is 1. The molecule has 2 heterocycles. The van der Waals surface area contributed by atoms with Crippen molar-refractivity contribution in [2.45, 2.75) is 13.3 Å². The quantitative estimate of drug-likeness (QED) is 0.503. The van der Waals surface area contributed by atoms with Crippen molar-refractivity contribution in [3.05, 3.63) is 72.0 Å². The lowest BCUT2D eigenvalue weighted by Gasteiger charge is -2.10. The molecule has 0 aliphatic rings. The number of aromatic nitrogens is 4. The average Bonchev–Trinajstić information content (AvgIpc) is 3.42. The molecule has 146 valence electrons. The van der Waals surface area contributed by atoms with Gasteiger partial charge in [0.25, 0.3) is 0 Å². The van der Waals surface area contributed by atoms with Gasteiger partial charge in [-0.1, -0.05) is 17.3 Å². The molecule has 2 aromatic carbocycles. The van der Waals surface area contributed by atoms with Crippen molar-refractivity contribution in [2.75, 3.05) is 11.9 Å². The fourth-order valence-corrected chi connectivity index (χ4v) is 3.68. The number of ether oxygens (including phenoxy) is 1. The van der Waals surface area contributed by atoms with Gasteiger partial charge in [0.05, 0.1) is 42.5 Å². The second kappa shape index (κ2) is 8.66. The molecule has 0 atom stereocenters. The number of anilines is 1. The van der Waals surface area contributed by atoms with Gasteiger partial charge < -0.3 is 10.1 Å². The Hall–Kier alpha value is -3.52. The molecule has 8 heteroatoms. The molecular weight excluding hydrogens is 386 g/mol. The van der Waals surface area contributed by atoms with E-state index in [2.05, 4.69) is 20.6 Å². The zero-order valence-electron chi connectivity index (χ0n) is 15.8. The second-order valence-corrected chi connectivity index (χ2v) is 7.05. The largest absolute Gasteiger partial charge is 0.494 e. The molecule has 0 aliphatic carbocycles. The fraction of sp³-hybridized carbons (Fsp3) is 0.143. The van der Waals surface area contributed by atoms with Crippen LogP contribution < -0.4 is 10.1 Å². The lowest BCUT2D eigenvalue weighted by molar-refractivity contribution is -0.115. The van der Waals surface area contributed by atoms with E-state index < -0.39 is 0 Å². The maximum absolute atomic E-state index is 12.6. The van der Waals surface area contributed by atoms with Gasteiger partial charge in [0, 0.05) is 10.9 Å². The summed E-state index contributed by atoms with van der Waals surface area (Å²) in [7, 11) is 0. The second-order valence-electron chi connectivity index (χ2n) is 6.19. The van der Waals surface area contributed by atoms with Gasteiger partial charge in [-0.3, -0.25) is 4.79 Å². The number of hydrogen-bond donors (Lipinski definition) is 1. The molecule has 0 fully saturated rings. The first kappa shape index (κ1) is 18.8. The lowest BCUT2D eigenvalue weighted by atomic mass is 10.2. The zero-order valence-corrected chi connectivity index (χ0v) is 16.6. The summed E-state index contributed by atoms with van der Waals surface area (Å²) in [5, 5.41) is 13.5. The predicted molar refractivity (Wildman–Crippen MR) is 112 cm³/mol. The Balaban J connectivity index is 1.44. The van der Waals surface area contributed by atoms with Gasteiger partial charge in [-0.2, -0.15) is 0 Å². The van der Waals surface area contributed by atoms with Crippen LogP contribution in [0.1, 0.15) is 12.6 Å². The molecule has 0 unspecified atom stereocenters. The summed E-state index contributed by atoms with van der Waals surface area (Å²) in [5.74, 6) is 0.694. The predicted octanol–water partition coefficient (Wildman–Crippen LogP) is 3.97. The molecule has 0 saturated carbocycles. The van der Waals surface area contributed by atoms with Gasteiger partial charge in [-0.15, -0.1) is 16.4 Å². The van der Waals surface area contributed by atoms with Crippen LogP contribution in [0.3, 0.4) is 0 Å². The van der Waals surface area contributed by atoms with Crippen molar-refractivity contribution in [2.24, 2.45) is 0 Å². The maximum Gasteiger partial charge on any atom is 0.230 e. The first-order valence-corrected chi connectivity index (χ1v) is 10.0. The summed E-state index contributed by atoms with van der Waals surface area (Å²) in [5.41, 5.74) is 3.16. The standard InChI is InChI=1S/C21H19N5O2S/c1-2-28-17-9-7-15(8-10-17)21-23-16(14-29-21)13-20(27)24-18-5-3-4-6-19(18)26-12-11-22-25-26/h3-12,14H,2,13H2,1H3,(H,24,27). The Bertz CT molecular complexity index is 1090. The van der Waals surface area contributed by atoms with Gasteiger partial charge in [-0.25, -0.2) is 9.67 Å². The maximum atomic E-state index is 12.6. The van der Waals surface area contributed by atoms with Crippen molar-refractivity contribution < 1.29 is 9.53 Å². The van der Waals surface area contributed by atoms with Crippen molar-refractivity contribution in [1.82, 2.24) is 20.0 Å². The molecular formula is C21H19N5O2S. The smallest absolute Gasteiger partial charge is 0.230 e. The summed E-state index contributed by atoms with van der Waals surface area (Å²) in [4.78, 5) is 17.2. The van der Waals surface area contributed by atoms with E-state index in [9.17, 15) is 4.79 Å². The van der Waals surface area contributed by atoms with Crippen molar-refractivity contribution in [3.8, 4) is 22.0 Å². The minimum absolute atomic E-state index is 0.138. The van der Waals surface area contributed by atoms with Gasteiger partial charge in [0.1, 0.15) is 10.8 Å². The highest BCUT2D eigenvalue weighted by Gasteiger charge is 2.12. The van der Waals surface area contributed by atoms with E-state index in [0.29, 0.717) is 12.3 Å². The van der Waals surface area contributed by atoms with Crippen LogP contribution in [0.25, 0.3) is 16.3 Å². The Morgan fingerprint density at radius 1 is 1.17 bits per heavy atom. The topological polar surface area (TPSA) is 81.9 Å². The number of carbonyl (C=O) groups excluding carboxylic acids is 1. The SMILES string of the molecule is CCOc1ccc(-c2nc(CC(=O)Nc3ccccc3-n3ccnn3)cs2)cc1. The average molecular weight is 405 g/mol. The minimum atomic E-state index is -0.138.